The zero-order chi connectivity index (χ0) is 14.0. The van der Waals surface area contributed by atoms with E-state index in [2.05, 4.69) is 64.5 Å². The van der Waals surface area contributed by atoms with Crippen LogP contribution < -0.4 is 0 Å². The van der Waals surface area contributed by atoms with E-state index in [-0.39, 0.29) is 5.41 Å². The van der Waals surface area contributed by atoms with E-state index < -0.39 is 0 Å². The van der Waals surface area contributed by atoms with Crippen molar-refractivity contribution in [2.45, 2.75) is 31.1 Å². The molecule has 104 valence electrons. The molecule has 0 N–H and O–H groups in total. The minimum absolute atomic E-state index is 0.0944. The SMILES string of the molecule is ClCC1(Cc2cccc(Br)c2)CCCc2ccccc21. The largest absolute Gasteiger partial charge is 0.126 e. The number of benzene rings is 2. The van der Waals surface area contributed by atoms with E-state index >= 15 is 0 Å². The van der Waals surface area contributed by atoms with Crippen molar-refractivity contribution in [1.29, 1.82) is 0 Å². The fourth-order valence-corrected chi connectivity index (χ4v) is 4.23. The maximum Gasteiger partial charge on any atom is 0.0323 e. The minimum atomic E-state index is 0.0944. The Bertz CT molecular complexity index is 608. The summed E-state index contributed by atoms with van der Waals surface area (Å²) in [7, 11) is 0. The third-order valence-electron chi connectivity index (χ3n) is 4.38. The Morgan fingerprint density at radius 1 is 1.10 bits per heavy atom. The zero-order valence-electron chi connectivity index (χ0n) is 11.4. The van der Waals surface area contributed by atoms with E-state index in [0.717, 1.165) is 10.9 Å². The van der Waals surface area contributed by atoms with Crippen molar-refractivity contribution in [3.8, 4) is 0 Å². The smallest absolute Gasteiger partial charge is 0.0323 e. The highest BCUT2D eigenvalue weighted by Gasteiger charge is 2.35. The van der Waals surface area contributed by atoms with E-state index in [1.165, 1.54) is 36.0 Å². The normalized spacial score (nSPS) is 21.5. The molecular weight excluding hydrogens is 332 g/mol. The molecule has 0 aliphatic heterocycles. The van der Waals surface area contributed by atoms with Crippen LogP contribution in [0.4, 0.5) is 0 Å². The fourth-order valence-electron chi connectivity index (χ4n) is 3.41. The van der Waals surface area contributed by atoms with Gasteiger partial charge >= 0.3 is 0 Å². The lowest BCUT2D eigenvalue weighted by atomic mass is 9.68. The minimum Gasteiger partial charge on any atom is -0.126 e. The summed E-state index contributed by atoms with van der Waals surface area (Å²) in [5, 5.41) is 0. The first-order valence-corrected chi connectivity index (χ1v) is 8.45. The van der Waals surface area contributed by atoms with Crippen molar-refractivity contribution >= 4 is 27.5 Å². The predicted octanol–water partition coefficient (Wildman–Crippen LogP) is 5.50. The van der Waals surface area contributed by atoms with Gasteiger partial charge in [0, 0.05) is 15.8 Å². The molecule has 0 saturated heterocycles. The van der Waals surface area contributed by atoms with Gasteiger partial charge in [-0.1, -0.05) is 52.3 Å². The number of halogens is 2. The highest BCUT2D eigenvalue weighted by Crippen LogP contribution is 2.41. The van der Waals surface area contributed by atoms with Crippen LogP contribution in [0.15, 0.2) is 53.0 Å². The average molecular weight is 350 g/mol. The first kappa shape index (κ1) is 14.2. The second-order valence-corrected chi connectivity index (χ2v) is 6.91. The van der Waals surface area contributed by atoms with Crippen molar-refractivity contribution in [1.82, 2.24) is 0 Å². The van der Waals surface area contributed by atoms with Gasteiger partial charge in [-0.15, -0.1) is 11.6 Å². The Hall–Kier alpha value is -0.790. The first-order valence-electron chi connectivity index (χ1n) is 7.12. The number of hydrogen-bond acceptors (Lipinski definition) is 0. The molecule has 2 aromatic carbocycles. The van der Waals surface area contributed by atoms with E-state index in [4.69, 9.17) is 11.6 Å². The third kappa shape index (κ3) is 2.66. The summed E-state index contributed by atoms with van der Waals surface area (Å²) in [5.74, 6) is 0.691. The predicted molar refractivity (Wildman–Crippen MR) is 89.6 cm³/mol. The average Bonchev–Trinajstić information content (AvgIpc) is 2.47. The number of alkyl halides is 1. The molecule has 0 bridgehead atoms. The molecular formula is C18H18BrCl. The number of rotatable bonds is 3. The molecule has 0 spiro atoms. The molecule has 0 radical (unpaired) electrons. The van der Waals surface area contributed by atoms with Gasteiger partial charge in [-0.3, -0.25) is 0 Å². The highest BCUT2D eigenvalue weighted by atomic mass is 79.9. The Kier molecular flexibility index (Phi) is 4.18. The Morgan fingerprint density at radius 2 is 1.95 bits per heavy atom. The second kappa shape index (κ2) is 5.91. The van der Waals surface area contributed by atoms with Gasteiger partial charge in [0.15, 0.2) is 0 Å². The Balaban J connectivity index is 2.00. The summed E-state index contributed by atoms with van der Waals surface area (Å²) >= 11 is 10.0. The van der Waals surface area contributed by atoms with Gasteiger partial charge in [-0.25, -0.2) is 0 Å². The fraction of sp³-hybridized carbons (Fsp3) is 0.333. The monoisotopic (exact) mass is 348 g/mol. The molecule has 1 unspecified atom stereocenters. The molecule has 0 saturated carbocycles. The molecule has 1 aliphatic rings. The topological polar surface area (TPSA) is 0 Å². The van der Waals surface area contributed by atoms with Crippen LogP contribution in [0.1, 0.15) is 29.5 Å². The van der Waals surface area contributed by atoms with Crippen molar-refractivity contribution in [2.24, 2.45) is 0 Å². The van der Waals surface area contributed by atoms with Crippen LogP contribution in [-0.2, 0) is 18.3 Å². The zero-order valence-corrected chi connectivity index (χ0v) is 13.8. The van der Waals surface area contributed by atoms with Gasteiger partial charge in [0.2, 0.25) is 0 Å². The summed E-state index contributed by atoms with van der Waals surface area (Å²) in [6.07, 6.45) is 4.62. The van der Waals surface area contributed by atoms with Crippen LogP contribution in [0.25, 0.3) is 0 Å². The van der Waals surface area contributed by atoms with Crippen LogP contribution in [0.3, 0.4) is 0 Å². The maximum absolute atomic E-state index is 6.44. The van der Waals surface area contributed by atoms with E-state index in [0.29, 0.717) is 5.88 Å². The van der Waals surface area contributed by atoms with Crippen LogP contribution in [0.5, 0.6) is 0 Å². The molecule has 0 heterocycles. The molecule has 20 heavy (non-hydrogen) atoms. The van der Waals surface area contributed by atoms with E-state index in [1.54, 1.807) is 0 Å². The summed E-state index contributed by atoms with van der Waals surface area (Å²) in [6.45, 7) is 0. The number of hydrogen-bond donors (Lipinski definition) is 0. The third-order valence-corrected chi connectivity index (χ3v) is 5.38. The lowest BCUT2D eigenvalue weighted by Gasteiger charge is -2.38. The molecule has 0 amide bonds. The molecule has 2 heteroatoms. The molecule has 0 fully saturated rings. The summed E-state index contributed by atoms with van der Waals surface area (Å²) in [5.41, 5.74) is 4.39. The van der Waals surface area contributed by atoms with E-state index in [1.807, 2.05) is 0 Å². The lowest BCUT2D eigenvalue weighted by Crippen LogP contribution is -2.35. The number of fused-ring (bicyclic) bond motifs is 1. The van der Waals surface area contributed by atoms with Gasteiger partial charge < -0.3 is 0 Å². The molecule has 1 atom stereocenters. The summed E-state index contributed by atoms with van der Waals surface area (Å²) < 4.78 is 1.14. The Morgan fingerprint density at radius 3 is 2.75 bits per heavy atom. The molecule has 0 nitrogen and oxygen atoms in total. The van der Waals surface area contributed by atoms with Crippen molar-refractivity contribution < 1.29 is 0 Å². The summed E-state index contributed by atoms with van der Waals surface area (Å²) in [6, 6.07) is 17.4. The summed E-state index contributed by atoms with van der Waals surface area (Å²) in [4.78, 5) is 0. The van der Waals surface area contributed by atoms with Crippen LogP contribution in [0.2, 0.25) is 0 Å². The van der Waals surface area contributed by atoms with Gasteiger partial charge in [0.25, 0.3) is 0 Å². The van der Waals surface area contributed by atoms with Crippen molar-refractivity contribution in [2.75, 3.05) is 5.88 Å². The standard InChI is InChI=1S/C18H18BrCl/c19-16-8-3-5-14(11-16)12-18(13-20)10-4-7-15-6-1-2-9-17(15)18/h1-3,5-6,8-9,11H,4,7,10,12-13H2. The first-order chi connectivity index (χ1) is 9.73. The molecule has 3 rings (SSSR count). The van der Waals surface area contributed by atoms with Gasteiger partial charge in [0.05, 0.1) is 0 Å². The highest BCUT2D eigenvalue weighted by molar-refractivity contribution is 9.10. The van der Waals surface area contributed by atoms with Crippen molar-refractivity contribution in [3.63, 3.8) is 0 Å². The molecule has 1 aliphatic carbocycles. The van der Waals surface area contributed by atoms with Crippen molar-refractivity contribution in [3.05, 3.63) is 69.7 Å². The second-order valence-electron chi connectivity index (χ2n) is 5.73. The lowest BCUT2D eigenvalue weighted by molar-refractivity contribution is 0.396. The number of aryl methyl sites for hydroxylation is 1. The van der Waals surface area contributed by atoms with Gasteiger partial charge in [0.1, 0.15) is 0 Å². The molecule has 2 aromatic rings. The van der Waals surface area contributed by atoms with Gasteiger partial charge in [-0.2, -0.15) is 0 Å². The van der Waals surface area contributed by atoms with Crippen LogP contribution in [-0.4, -0.2) is 5.88 Å². The van der Waals surface area contributed by atoms with Crippen LogP contribution >= 0.6 is 27.5 Å². The van der Waals surface area contributed by atoms with Crippen LogP contribution in [0, 0.1) is 0 Å². The quantitative estimate of drug-likeness (QED) is 0.641. The Labute approximate surface area is 134 Å². The maximum atomic E-state index is 6.44. The molecule has 0 aromatic heterocycles. The van der Waals surface area contributed by atoms with E-state index in [9.17, 15) is 0 Å². The van der Waals surface area contributed by atoms with Gasteiger partial charge in [-0.05, 0) is 54.5 Å².